The first kappa shape index (κ1) is 44.4. The van der Waals surface area contributed by atoms with E-state index in [1.165, 1.54) is 28.8 Å². The fourth-order valence-corrected chi connectivity index (χ4v) is 10.8. The van der Waals surface area contributed by atoms with Crippen molar-refractivity contribution in [3.8, 4) is 5.69 Å². The number of piperazine rings is 1. The van der Waals surface area contributed by atoms with Crippen LogP contribution in [0.2, 0.25) is 5.02 Å². The topological polar surface area (TPSA) is 181 Å². The number of allylic oxidation sites excluding steroid dienone is 1. The zero-order chi connectivity index (χ0) is 45.5. The number of carbonyl (C=O) groups excluding carboxylic acids is 1. The number of aromatic nitrogens is 4. The van der Waals surface area contributed by atoms with E-state index >= 15 is 0 Å². The van der Waals surface area contributed by atoms with E-state index < -0.39 is 31.4 Å². The zero-order valence-corrected chi connectivity index (χ0v) is 38.4. The van der Waals surface area contributed by atoms with Gasteiger partial charge < -0.3 is 19.9 Å². The Hall–Kier alpha value is -5.81. The normalized spacial score (nSPS) is 19.5. The first-order chi connectivity index (χ1) is 31.2. The molecule has 3 N–H and O–H groups in total. The minimum absolute atomic E-state index is 0.0491. The molecule has 1 saturated carbocycles. The molecule has 1 saturated heterocycles. The molecule has 0 unspecified atom stereocenters. The minimum Gasteiger partial charge on any atom is -0.381 e. The molecular weight excluding hydrogens is 866 g/mol. The van der Waals surface area contributed by atoms with Crippen LogP contribution in [0.3, 0.4) is 0 Å². The average Bonchev–Trinajstić information content (AvgIpc) is 3.94. The molecular formula is C48H54ClN9O6S. The second-order valence-corrected chi connectivity index (χ2v) is 20.5. The highest BCUT2D eigenvalue weighted by Crippen LogP contribution is 2.43. The number of nitrogens with zero attached hydrogens (tertiary/aromatic N) is 6. The summed E-state index contributed by atoms with van der Waals surface area (Å²) in [4.78, 5) is 38.0. The van der Waals surface area contributed by atoms with Crippen molar-refractivity contribution >= 4 is 72.2 Å². The van der Waals surface area contributed by atoms with Crippen molar-refractivity contribution in [2.75, 3.05) is 56.6 Å². The van der Waals surface area contributed by atoms with Crippen LogP contribution in [0.5, 0.6) is 0 Å². The summed E-state index contributed by atoms with van der Waals surface area (Å²) in [5.74, 6) is -0.606. The summed E-state index contributed by atoms with van der Waals surface area (Å²) in [6, 6.07) is 21.0. The predicted octanol–water partition coefficient (Wildman–Crippen LogP) is 8.99. The number of benzene rings is 3. The van der Waals surface area contributed by atoms with Gasteiger partial charge >= 0.3 is 0 Å². The van der Waals surface area contributed by atoms with Gasteiger partial charge in [-0.1, -0.05) is 43.2 Å². The summed E-state index contributed by atoms with van der Waals surface area (Å²) in [5, 5.41) is 21.6. The Morgan fingerprint density at radius 2 is 1.77 bits per heavy atom. The molecule has 0 radical (unpaired) electrons. The maximum atomic E-state index is 14.2. The van der Waals surface area contributed by atoms with Gasteiger partial charge in [-0.3, -0.25) is 19.8 Å². The van der Waals surface area contributed by atoms with Crippen molar-refractivity contribution in [1.29, 1.82) is 0 Å². The van der Waals surface area contributed by atoms with E-state index in [4.69, 9.17) is 21.3 Å². The Kier molecular flexibility index (Phi) is 12.4. The van der Waals surface area contributed by atoms with Gasteiger partial charge in [0.1, 0.15) is 16.9 Å². The number of aromatic amines is 1. The standard InChI is InChI=1S/C48H54ClN9O6S/c1-48(2)18-16-34(40(27-48)32-6-8-35(49)9-7-32)30-55-20-22-56(23-21-55)36-10-14-39(43(25-36)57-44-24-33-17-19-50-46(33)53-42(44)29-52-57)47(59)54-65(62,63)38-13-15-41(45(26-38)58(60)61)51-28-31-4-11-37(64-3)12-5-31/h6-10,13-15,17,19,24-26,29,31,37,51H,4-5,11-12,16,18,20-23,27-28,30H2,1-3H3,(H,50,53)(H,54,59). The first-order valence-corrected chi connectivity index (χ1v) is 24.1. The maximum Gasteiger partial charge on any atom is 0.293 e. The van der Waals surface area contributed by atoms with Gasteiger partial charge in [-0.05, 0) is 122 Å². The third-order valence-corrected chi connectivity index (χ3v) is 15.0. The van der Waals surface area contributed by atoms with Crippen LogP contribution in [0, 0.1) is 21.4 Å². The van der Waals surface area contributed by atoms with E-state index in [0.29, 0.717) is 34.8 Å². The molecule has 2 fully saturated rings. The van der Waals surface area contributed by atoms with Gasteiger partial charge in [0.25, 0.3) is 21.6 Å². The third kappa shape index (κ3) is 9.62. The molecule has 2 aliphatic carbocycles. The Morgan fingerprint density at radius 1 is 1.00 bits per heavy atom. The molecule has 340 valence electrons. The Labute approximate surface area is 383 Å². The summed E-state index contributed by atoms with van der Waals surface area (Å²) < 4.78 is 37.0. The number of halogens is 1. The molecule has 15 nitrogen and oxygen atoms in total. The number of carbonyl (C=O) groups is 1. The number of hydrogen-bond acceptors (Lipinski definition) is 11. The number of nitro benzene ring substituents is 1. The van der Waals surface area contributed by atoms with Gasteiger partial charge in [-0.2, -0.15) is 5.10 Å². The van der Waals surface area contributed by atoms with Crippen LogP contribution in [-0.4, -0.2) is 96.4 Å². The predicted molar refractivity (Wildman–Crippen MR) is 254 cm³/mol. The molecule has 0 atom stereocenters. The highest BCUT2D eigenvalue weighted by atomic mass is 35.5. The largest absolute Gasteiger partial charge is 0.381 e. The summed E-state index contributed by atoms with van der Waals surface area (Å²) >= 11 is 6.26. The van der Waals surface area contributed by atoms with Crippen molar-refractivity contribution in [3.05, 3.63) is 117 Å². The second kappa shape index (κ2) is 18.2. The Balaban J connectivity index is 0.963. The molecule has 3 aromatic heterocycles. The van der Waals surface area contributed by atoms with E-state index in [1.54, 1.807) is 30.3 Å². The molecule has 1 amide bonds. The van der Waals surface area contributed by atoms with Crippen LogP contribution in [0.25, 0.3) is 33.3 Å². The number of ether oxygens (including phenoxy) is 1. The van der Waals surface area contributed by atoms with Gasteiger partial charge in [0.05, 0.1) is 38.9 Å². The number of sulfonamides is 1. The van der Waals surface area contributed by atoms with Crippen molar-refractivity contribution in [1.82, 2.24) is 29.4 Å². The zero-order valence-electron chi connectivity index (χ0n) is 36.8. The van der Waals surface area contributed by atoms with Crippen LogP contribution >= 0.6 is 11.6 Å². The highest BCUT2D eigenvalue weighted by molar-refractivity contribution is 7.90. The fourth-order valence-electron chi connectivity index (χ4n) is 9.64. The Bertz CT molecular complexity index is 2900. The van der Waals surface area contributed by atoms with Crippen LogP contribution < -0.4 is 14.9 Å². The van der Waals surface area contributed by atoms with Crippen molar-refractivity contribution < 1.29 is 22.9 Å². The molecule has 1 aliphatic heterocycles. The number of rotatable bonds is 13. The molecule has 4 heterocycles. The van der Waals surface area contributed by atoms with Gasteiger partial charge in [-0.25, -0.2) is 22.8 Å². The number of hydrogen-bond donors (Lipinski definition) is 3. The fraction of sp³-hybridized carbons (Fsp3) is 0.396. The van der Waals surface area contributed by atoms with E-state index in [9.17, 15) is 23.3 Å². The molecule has 0 bridgehead atoms. The van der Waals surface area contributed by atoms with Crippen LogP contribution in [0.4, 0.5) is 17.1 Å². The SMILES string of the molecule is COC1CCC(CNc2ccc(S(=O)(=O)NC(=O)c3ccc(N4CCN(CC5=C(c6ccc(Cl)cc6)CC(C)(C)CC5)CC4)cc3-n3ncc4nc5[nH]ccc5cc43)cc2[N+](=O)[O-])CC1. The number of nitrogens with one attached hydrogen (secondary N) is 3. The number of nitro groups is 1. The van der Waals surface area contributed by atoms with Gasteiger partial charge in [-0.15, -0.1) is 0 Å². The molecule has 0 spiro atoms. The van der Waals surface area contributed by atoms with Crippen molar-refractivity contribution in [2.45, 2.75) is 69.8 Å². The molecule has 9 rings (SSSR count). The summed E-state index contributed by atoms with van der Waals surface area (Å²) in [6.07, 6.45) is 10.5. The minimum atomic E-state index is -4.57. The average molecular weight is 921 g/mol. The van der Waals surface area contributed by atoms with E-state index in [0.717, 1.165) is 99.8 Å². The van der Waals surface area contributed by atoms with Crippen LogP contribution in [0.1, 0.15) is 74.7 Å². The maximum absolute atomic E-state index is 14.2. The lowest BCUT2D eigenvalue weighted by molar-refractivity contribution is -0.384. The lowest BCUT2D eigenvalue weighted by Gasteiger charge is -2.39. The lowest BCUT2D eigenvalue weighted by atomic mass is 9.72. The quantitative estimate of drug-likeness (QED) is 0.0743. The number of amides is 1. The first-order valence-electron chi connectivity index (χ1n) is 22.3. The number of fused-ring (bicyclic) bond motifs is 2. The second-order valence-electron chi connectivity index (χ2n) is 18.4. The molecule has 3 aromatic carbocycles. The number of pyridine rings is 1. The van der Waals surface area contributed by atoms with E-state index in [-0.39, 0.29) is 22.8 Å². The van der Waals surface area contributed by atoms with Crippen LogP contribution in [0.15, 0.2) is 95.7 Å². The van der Waals surface area contributed by atoms with Gasteiger partial charge in [0.2, 0.25) is 0 Å². The molecule has 65 heavy (non-hydrogen) atoms. The van der Waals surface area contributed by atoms with Crippen molar-refractivity contribution in [3.63, 3.8) is 0 Å². The Morgan fingerprint density at radius 3 is 2.51 bits per heavy atom. The monoisotopic (exact) mass is 919 g/mol. The molecule has 3 aliphatic rings. The van der Waals surface area contributed by atoms with Crippen molar-refractivity contribution in [2.24, 2.45) is 11.3 Å². The lowest BCUT2D eigenvalue weighted by Crippen LogP contribution is -2.47. The summed E-state index contributed by atoms with van der Waals surface area (Å²) in [6.45, 7) is 9.19. The number of methoxy groups -OCH3 is 1. The summed E-state index contributed by atoms with van der Waals surface area (Å²) in [5.41, 5.74) is 7.31. The number of anilines is 2. The van der Waals surface area contributed by atoms with Gasteiger partial charge in [0, 0.05) is 74.7 Å². The highest BCUT2D eigenvalue weighted by Gasteiger charge is 2.31. The third-order valence-electron chi connectivity index (χ3n) is 13.5. The summed E-state index contributed by atoms with van der Waals surface area (Å²) in [7, 11) is -2.86. The van der Waals surface area contributed by atoms with E-state index in [1.807, 2.05) is 36.4 Å². The van der Waals surface area contributed by atoms with Crippen LogP contribution in [-0.2, 0) is 14.8 Å². The molecule has 6 aromatic rings. The smallest absolute Gasteiger partial charge is 0.293 e. The van der Waals surface area contributed by atoms with Gasteiger partial charge in [0.15, 0.2) is 0 Å². The molecule has 17 heteroatoms. The number of H-pyrrole nitrogens is 1. The van der Waals surface area contributed by atoms with E-state index in [2.05, 4.69) is 55.9 Å².